The highest BCUT2D eigenvalue weighted by molar-refractivity contribution is 6.30. The molecular weight excluding hydrogens is 238 g/mol. The molecule has 1 rings (SSSR count). The van der Waals surface area contributed by atoms with E-state index in [9.17, 15) is 0 Å². The Labute approximate surface area is 107 Å². The van der Waals surface area contributed by atoms with Gasteiger partial charge in [-0.2, -0.15) is 0 Å². The van der Waals surface area contributed by atoms with Gasteiger partial charge in [-0.25, -0.2) is 0 Å². The molecule has 0 unspecified atom stereocenters. The smallest absolute Gasteiger partial charge is 0.164 e. The molecule has 0 aliphatic rings. The molecule has 0 amide bonds. The second-order valence-electron chi connectivity index (χ2n) is 3.88. The van der Waals surface area contributed by atoms with Crippen LogP contribution in [0.1, 0.15) is 12.5 Å². The van der Waals surface area contributed by atoms with E-state index >= 15 is 0 Å². The molecule has 0 heterocycles. The maximum atomic E-state index is 6.01. The normalized spacial score (nSPS) is 10.1. The lowest BCUT2D eigenvalue weighted by Gasteiger charge is -2.15. The molecular formula is C13H18ClNO2. The molecule has 0 bridgehead atoms. The molecule has 0 saturated heterocycles. The van der Waals surface area contributed by atoms with Crippen LogP contribution in [0.2, 0.25) is 5.02 Å². The Hall–Kier alpha value is -1.19. The Morgan fingerprint density at radius 3 is 2.71 bits per heavy atom. The first-order valence-electron chi connectivity index (χ1n) is 5.42. The van der Waals surface area contributed by atoms with Crippen LogP contribution in [-0.2, 0) is 6.42 Å². The molecule has 0 atom stereocenters. The van der Waals surface area contributed by atoms with Gasteiger partial charge in [0.1, 0.15) is 6.61 Å². The zero-order valence-electron chi connectivity index (χ0n) is 10.3. The number of rotatable bonds is 6. The van der Waals surface area contributed by atoms with Crippen LogP contribution in [0.4, 0.5) is 0 Å². The van der Waals surface area contributed by atoms with Gasteiger partial charge in [0, 0.05) is 16.7 Å². The third-order valence-electron chi connectivity index (χ3n) is 2.19. The van der Waals surface area contributed by atoms with Crippen molar-refractivity contribution in [3.63, 3.8) is 0 Å². The summed E-state index contributed by atoms with van der Waals surface area (Å²) >= 11 is 6.01. The molecule has 1 aromatic rings. The molecule has 1 aromatic carbocycles. The fourth-order valence-corrected chi connectivity index (χ4v) is 1.71. The van der Waals surface area contributed by atoms with E-state index in [1.807, 2.05) is 13.0 Å². The third kappa shape index (κ3) is 3.95. The summed E-state index contributed by atoms with van der Waals surface area (Å²) in [6.07, 6.45) is 0.697. The van der Waals surface area contributed by atoms with Gasteiger partial charge in [-0.3, -0.25) is 0 Å². The van der Waals surface area contributed by atoms with Crippen molar-refractivity contribution < 1.29 is 9.47 Å². The van der Waals surface area contributed by atoms with Crippen LogP contribution in [0.5, 0.6) is 11.5 Å². The van der Waals surface area contributed by atoms with Crippen molar-refractivity contribution in [2.24, 2.45) is 5.73 Å². The van der Waals surface area contributed by atoms with Crippen molar-refractivity contribution in [1.82, 2.24) is 0 Å². The highest BCUT2D eigenvalue weighted by Gasteiger charge is 2.12. The van der Waals surface area contributed by atoms with Crippen molar-refractivity contribution in [2.75, 3.05) is 20.3 Å². The largest absolute Gasteiger partial charge is 0.493 e. The minimum Gasteiger partial charge on any atom is -0.493 e. The summed E-state index contributed by atoms with van der Waals surface area (Å²) in [6, 6.07) is 3.58. The second-order valence-corrected chi connectivity index (χ2v) is 4.32. The summed E-state index contributed by atoms with van der Waals surface area (Å²) in [5, 5.41) is 0.618. The Morgan fingerprint density at radius 2 is 2.18 bits per heavy atom. The molecule has 2 N–H and O–H groups in total. The van der Waals surface area contributed by atoms with Crippen molar-refractivity contribution in [3.05, 3.63) is 34.9 Å². The third-order valence-corrected chi connectivity index (χ3v) is 2.41. The molecule has 0 radical (unpaired) electrons. The SMILES string of the molecule is C=C(C)COc1c(CCN)cc(Cl)cc1OC. The average molecular weight is 256 g/mol. The van der Waals surface area contributed by atoms with E-state index in [0.29, 0.717) is 36.1 Å². The fraction of sp³-hybridized carbons (Fsp3) is 0.385. The fourth-order valence-electron chi connectivity index (χ4n) is 1.47. The van der Waals surface area contributed by atoms with E-state index in [-0.39, 0.29) is 0 Å². The van der Waals surface area contributed by atoms with Crippen molar-refractivity contribution in [3.8, 4) is 11.5 Å². The molecule has 0 aromatic heterocycles. The molecule has 0 spiro atoms. The monoisotopic (exact) mass is 255 g/mol. The number of halogens is 1. The lowest BCUT2D eigenvalue weighted by Crippen LogP contribution is -2.07. The summed E-state index contributed by atoms with van der Waals surface area (Å²) < 4.78 is 11.0. The summed E-state index contributed by atoms with van der Waals surface area (Å²) in [5.41, 5.74) is 7.47. The van der Waals surface area contributed by atoms with Crippen molar-refractivity contribution in [1.29, 1.82) is 0 Å². The van der Waals surface area contributed by atoms with E-state index in [4.69, 9.17) is 26.8 Å². The lowest BCUT2D eigenvalue weighted by molar-refractivity contribution is 0.316. The van der Waals surface area contributed by atoms with Gasteiger partial charge in [0.15, 0.2) is 11.5 Å². The Bertz CT molecular complexity index is 405. The standard InChI is InChI=1S/C13H18ClNO2/c1-9(2)8-17-13-10(4-5-15)6-11(14)7-12(13)16-3/h6-7H,1,4-5,8,15H2,2-3H3. The first-order valence-corrected chi connectivity index (χ1v) is 5.80. The van der Waals surface area contributed by atoms with Gasteiger partial charge in [-0.1, -0.05) is 18.2 Å². The molecule has 0 saturated carbocycles. The lowest BCUT2D eigenvalue weighted by atomic mass is 10.1. The highest BCUT2D eigenvalue weighted by atomic mass is 35.5. The van der Waals surface area contributed by atoms with Crippen LogP contribution in [0.25, 0.3) is 0 Å². The predicted octanol–water partition coefficient (Wildman–Crippen LogP) is 2.80. The quantitative estimate of drug-likeness (QED) is 0.795. The predicted molar refractivity (Wildman–Crippen MR) is 71.1 cm³/mol. The van der Waals surface area contributed by atoms with E-state index < -0.39 is 0 Å². The van der Waals surface area contributed by atoms with Gasteiger partial charge < -0.3 is 15.2 Å². The molecule has 0 fully saturated rings. The molecule has 0 aliphatic carbocycles. The first-order chi connectivity index (χ1) is 8.08. The van der Waals surface area contributed by atoms with Gasteiger partial charge in [0.05, 0.1) is 7.11 Å². The Kier molecular flexibility index (Phi) is 5.32. The minimum absolute atomic E-state index is 0.454. The first kappa shape index (κ1) is 13.9. The highest BCUT2D eigenvalue weighted by Crippen LogP contribution is 2.35. The van der Waals surface area contributed by atoms with Crippen LogP contribution < -0.4 is 15.2 Å². The van der Waals surface area contributed by atoms with E-state index in [0.717, 1.165) is 11.1 Å². The Morgan fingerprint density at radius 1 is 1.47 bits per heavy atom. The van der Waals surface area contributed by atoms with E-state index in [1.165, 1.54) is 0 Å². The molecule has 0 aliphatic heterocycles. The van der Waals surface area contributed by atoms with Gasteiger partial charge in [0.2, 0.25) is 0 Å². The molecule has 4 heteroatoms. The van der Waals surface area contributed by atoms with Crippen molar-refractivity contribution in [2.45, 2.75) is 13.3 Å². The average Bonchev–Trinajstić information content (AvgIpc) is 2.27. The minimum atomic E-state index is 0.454. The second kappa shape index (κ2) is 6.52. The number of hydrogen-bond donors (Lipinski definition) is 1. The Balaban J connectivity index is 3.07. The van der Waals surface area contributed by atoms with Crippen molar-refractivity contribution >= 4 is 11.6 Å². The van der Waals surface area contributed by atoms with E-state index in [1.54, 1.807) is 13.2 Å². The van der Waals surface area contributed by atoms with Crippen LogP contribution in [0.3, 0.4) is 0 Å². The maximum absolute atomic E-state index is 6.01. The number of ether oxygens (including phenoxy) is 2. The van der Waals surface area contributed by atoms with Gasteiger partial charge in [-0.05, 0) is 31.5 Å². The van der Waals surface area contributed by atoms with Crippen LogP contribution in [0.15, 0.2) is 24.3 Å². The zero-order chi connectivity index (χ0) is 12.8. The van der Waals surface area contributed by atoms with Crippen LogP contribution in [-0.4, -0.2) is 20.3 Å². The molecule has 17 heavy (non-hydrogen) atoms. The van der Waals surface area contributed by atoms with Gasteiger partial charge >= 0.3 is 0 Å². The zero-order valence-corrected chi connectivity index (χ0v) is 11.0. The number of benzene rings is 1. The number of hydrogen-bond acceptors (Lipinski definition) is 3. The van der Waals surface area contributed by atoms with Crippen LogP contribution in [0, 0.1) is 0 Å². The van der Waals surface area contributed by atoms with Gasteiger partial charge in [0.25, 0.3) is 0 Å². The number of methoxy groups -OCH3 is 1. The molecule has 94 valence electrons. The summed E-state index contributed by atoms with van der Waals surface area (Å²) in [7, 11) is 1.59. The maximum Gasteiger partial charge on any atom is 0.164 e. The van der Waals surface area contributed by atoms with Crippen LogP contribution >= 0.6 is 11.6 Å². The number of nitrogens with two attached hydrogens (primary N) is 1. The van der Waals surface area contributed by atoms with E-state index in [2.05, 4.69) is 6.58 Å². The summed E-state index contributed by atoms with van der Waals surface area (Å²) in [4.78, 5) is 0. The summed E-state index contributed by atoms with van der Waals surface area (Å²) in [6.45, 7) is 6.70. The van der Waals surface area contributed by atoms with Gasteiger partial charge in [-0.15, -0.1) is 0 Å². The summed E-state index contributed by atoms with van der Waals surface area (Å²) in [5.74, 6) is 1.33. The topological polar surface area (TPSA) is 44.5 Å². The molecule has 3 nitrogen and oxygen atoms in total.